The Morgan fingerprint density at radius 3 is 2.33 bits per heavy atom. The molecule has 1 rings (SSSR count). The fraction of sp³-hybridized carbons (Fsp3) is 0.333. The molecule has 0 atom stereocenters. The van der Waals surface area contributed by atoms with Crippen LogP contribution in [-0.2, 0) is 10.1 Å². The average Bonchev–Trinajstić information content (AvgIpc) is 1.99. The highest BCUT2D eigenvalue weighted by molar-refractivity contribution is 8.00. The Bertz CT molecular complexity index is 427. The van der Waals surface area contributed by atoms with E-state index in [0.717, 1.165) is 11.8 Å². The molecule has 9 heteroatoms. The number of thioether (sulfide) groups is 1. The second-order valence-corrected chi connectivity index (χ2v) is 5.27. The van der Waals surface area contributed by atoms with Crippen LogP contribution >= 0.6 is 11.8 Å². The predicted molar refractivity (Wildman–Crippen MR) is 58.0 cm³/mol. The van der Waals surface area contributed by atoms with E-state index in [4.69, 9.17) is 16.0 Å². The Hall–Kier alpha value is -1.06. The molecule has 15 heavy (non-hydrogen) atoms. The van der Waals surface area contributed by atoms with Gasteiger partial charge in [0.1, 0.15) is 11.6 Å². The van der Waals surface area contributed by atoms with Gasteiger partial charge in [0.15, 0.2) is 5.16 Å². The molecular weight excluding hydrogens is 240 g/mol. The van der Waals surface area contributed by atoms with Crippen molar-refractivity contribution >= 4 is 33.5 Å². The van der Waals surface area contributed by atoms with Gasteiger partial charge in [-0.15, -0.1) is 0 Å². The lowest BCUT2D eigenvalue weighted by atomic mass is 10.5. The molecule has 0 unspecified atom stereocenters. The first-order valence-corrected chi connectivity index (χ1v) is 6.44. The van der Waals surface area contributed by atoms with Gasteiger partial charge in [-0.05, 0) is 0 Å². The quantitative estimate of drug-likeness (QED) is 0.374. The summed E-state index contributed by atoms with van der Waals surface area (Å²) in [5.74, 6) is 0.214. The molecule has 0 spiro atoms. The second kappa shape index (κ2) is 4.64. The highest BCUT2D eigenvalue weighted by Gasteiger charge is 2.06. The molecule has 0 aliphatic rings. The van der Waals surface area contributed by atoms with Crippen LogP contribution in [0.2, 0.25) is 0 Å². The first-order chi connectivity index (χ1) is 6.87. The minimum Gasteiger partial charge on any atom is -0.383 e. The molecule has 0 bridgehead atoms. The normalized spacial score (nSPS) is 11.5. The summed E-state index contributed by atoms with van der Waals surface area (Å²) in [5.41, 5.74) is 10.8. The molecule has 0 aromatic carbocycles. The van der Waals surface area contributed by atoms with Crippen LogP contribution in [0.4, 0.5) is 11.6 Å². The Balaban J connectivity index is 2.58. The molecule has 1 heterocycles. The molecule has 0 aliphatic carbocycles. The summed E-state index contributed by atoms with van der Waals surface area (Å²) in [6.07, 6.45) is 0. The monoisotopic (exact) mass is 250 g/mol. The molecule has 1 aromatic rings. The van der Waals surface area contributed by atoms with E-state index in [-0.39, 0.29) is 28.3 Å². The number of hydrogen-bond acceptors (Lipinski definition) is 7. The van der Waals surface area contributed by atoms with Gasteiger partial charge in [0.25, 0.3) is 10.1 Å². The van der Waals surface area contributed by atoms with Gasteiger partial charge in [-0.2, -0.15) is 8.42 Å². The van der Waals surface area contributed by atoms with Crippen LogP contribution < -0.4 is 11.5 Å². The minimum atomic E-state index is -3.95. The molecular formula is C6H10N4O3S2. The molecule has 0 saturated carbocycles. The van der Waals surface area contributed by atoms with E-state index in [1.54, 1.807) is 0 Å². The lowest BCUT2D eigenvalue weighted by Crippen LogP contribution is -2.07. The zero-order valence-electron chi connectivity index (χ0n) is 7.62. The fourth-order valence-corrected chi connectivity index (χ4v) is 2.46. The third kappa shape index (κ3) is 4.81. The highest BCUT2D eigenvalue weighted by Crippen LogP contribution is 2.16. The van der Waals surface area contributed by atoms with E-state index in [2.05, 4.69) is 9.97 Å². The standard InChI is InChI=1S/C6H10N4O3S2/c7-4-3-5(8)10-6(9-4)14-1-2-15(11,12)13/h3H,1-2H2,(H,11,12,13)(H4,7,8,9,10). The van der Waals surface area contributed by atoms with Gasteiger partial charge in [0.2, 0.25) is 0 Å². The van der Waals surface area contributed by atoms with Crippen LogP contribution in [0.5, 0.6) is 0 Å². The number of nitrogen functional groups attached to an aromatic ring is 2. The van der Waals surface area contributed by atoms with Gasteiger partial charge in [-0.3, -0.25) is 4.55 Å². The van der Waals surface area contributed by atoms with Gasteiger partial charge in [-0.25, -0.2) is 9.97 Å². The van der Waals surface area contributed by atoms with Crippen molar-refractivity contribution in [1.82, 2.24) is 9.97 Å². The Kier molecular flexibility index (Phi) is 3.72. The first kappa shape index (κ1) is 12.0. The Labute approximate surface area is 91.0 Å². The van der Waals surface area contributed by atoms with Gasteiger partial charge >= 0.3 is 0 Å². The number of aromatic nitrogens is 2. The summed E-state index contributed by atoms with van der Waals surface area (Å²) < 4.78 is 29.3. The van der Waals surface area contributed by atoms with Crippen LogP contribution in [0.25, 0.3) is 0 Å². The van der Waals surface area contributed by atoms with Crippen molar-refractivity contribution in [1.29, 1.82) is 0 Å². The predicted octanol–water partition coefficient (Wildman–Crippen LogP) is -0.379. The molecule has 5 N–H and O–H groups in total. The van der Waals surface area contributed by atoms with Crippen molar-refractivity contribution in [2.75, 3.05) is 23.0 Å². The van der Waals surface area contributed by atoms with Gasteiger partial charge in [0, 0.05) is 11.8 Å². The van der Waals surface area contributed by atoms with Crippen molar-refractivity contribution in [2.24, 2.45) is 0 Å². The summed E-state index contributed by atoms with van der Waals surface area (Å²) in [5, 5.41) is 0.288. The van der Waals surface area contributed by atoms with Crippen molar-refractivity contribution in [3.8, 4) is 0 Å². The van der Waals surface area contributed by atoms with Crippen LogP contribution in [0, 0.1) is 0 Å². The third-order valence-corrected chi connectivity index (χ3v) is 3.15. The molecule has 0 fully saturated rings. The second-order valence-electron chi connectivity index (χ2n) is 2.63. The van der Waals surface area contributed by atoms with Crippen molar-refractivity contribution in [3.05, 3.63) is 6.07 Å². The summed E-state index contributed by atoms with van der Waals surface area (Å²) in [6, 6.07) is 1.40. The molecule has 0 amide bonds. The molecule has 0 aliphatic heterocycles. The number of nitrogens with two attached hydrogens (primary N) is 2. The van der Waals surface area contributed by atoms with Crippen molar-refractivity contribution < 1.29 is 13.0 Å². The maximum Gasteiger partial charge on any atom is 0.265 e. The van der Waals surface area contributed by atoms with E-state index >= 15 is 0 Å². The lowest BCUT2D eigenvalue weighted by Gasteiger charge is -2.01. The molecule has 7 nitrogen and oxygen atoms in total. The smallest absolute Gasteiger partial charge is 0.265 e. The van der Waals surface area contributed by atoms with Crippen LogP contribution in [0.1, 0.15) is 0 Å². The number of nitrogens with zero attached hydrogens (tertiary/aromatic N) is 2. The van der Waals surface area contributed by atoms with E-state index in [1.807, 2.05) is 0 Å². The minimum absolute atomic E-state index is 0.141. The van der Waals surface area contributed by atoms with Crippen LogP contribution in [0.3, 0.4) is 0 Å². The SMILES string of the molecule is Nc1cc(N)nc(SCCS(=O)(=O)O)n1. The van der Waals surface area contributed by atoms with Gasteiger partial charge in [0.05, 0.1) is 5.75 Å². The molecule has 1 aromatic heterocycles. The van der Waals surface area contributed by atoms with Gasteiger partial charge < -0.3 is 11.5 Å². The zero-order valence-corrected chi connectivity index (χ0v) is 9.25. The zero-order chi connectivity index (χ0) is 11.5. The maximum atomic E-state index is 10.4. The Morgan fingerprint density at radius 1 is 1.33 bits per heavy atom. The van der Waals surface area contributed by atoms with Crippen LogP contribution in [0.15, 0.2) is 11.2 Å². The summed E-state index contributed by atoms with van der Waals surface area (Å²) >= 11 is 1.05. The molecule has 0 radical (unpaired) electrons. The third-order valence-electron chi connectivity index (χ3n) is 1.32. The average molecular weight is 250 g/mol. The molecule has 0 saturated heterocycles. The van der Waals surface area contributed by atoms with Crippen LogP contribution in [-0.4, -0.2) is 34.4 Å². The fourth-order valence-electron chi connectivity index (χ4n) is 0.765. The van der Waals surface area contributed by atoms with Crippen molar-refractivity contribution in [3.63, 3.8) is 0 Å². The summed E-state index contributed by atoms with van der Waals surface area (Å²) in [4.78, 5) is 7.65. The summed E-state index contributed by atoms with van der Waals surface area (Å²) in [6.45, 7) is 0. The first-order valence-electron chi connectivity index (χ1n) is 3.85. The van der Waals surface area contributed by atoms with E-state index in [0.29, 0.717) is 0 Å². The Morgan fingerprint density at radius 2 is 1.87 bits per heavy atom. The van der Waals surface area contributed by atoms with Gasteiger partial charge in [-0.1, -0.05) is 11.8 Å². The van der Waals surface area contributed by atoms with E-state index in [1.165, 1.54) is 6.07 Å². The molecule has 84 valence electrons. The largest absolute Gasteiger partial charge is 0.383 e. The summed E-state index contributed by atoms with van der Waals surface area (Å²) in [7, 11) is -3.95. The number of rotatable bonds is 4. The van der Waals surface area contributed by atoms with E-state index in [9.17, 15) is 8.42 Å². The lowest BCUT2D eigenvalue weighted by molar-refractivity contribution is 0.485. The topological polar surface area (TPSA) is 132 Å². The number of anilines is 2. The highest BCUT2D eigenvalue weighted by atomic mass is 32.2. The van der Waals surface area contributed by atoms with Crippen molar-refractivity contribution in [2.45, 2.75) is 5.16 Å². The number of hydrogen-bond donors (Lipinski definition) is 3. The van der Waals surface area contributed by atoms with E-state index < -0.39 is 10.1 Å². The maximum absolute atomic E-state index is 10.4.